The average molecular weight is 186 g/mol. The highest BCUT2D eigenvalue weighted by molar-refractivity contribution is 5.72. The van der Waals surface area contributed by atoms with Crippen LogP contribution in [-0.2, 0) is 11.2 Å². The summed E-state index contributed by atoms with van der Waals surface area (Å²) in [5.74, 6) is -2.01. The van der Waals surface area contributed by atoms with Gasteiger partial charge in [0.2, 0.25) is 6.17 Å². The van der Waals surface area contributed by atoms with Gasteiger partial charge in [-0.3, -0.25) is 0 Å². The Balaban J connectivity index is 2.69. The largest absolute Gasteiger partial charge is 0.479 e. The molecule has 1 rings (SSSR count). The molecule has 0 amide bonds. The van der Waals surface area contributed by atoms with Crippen LogP contribution in [0, 0.1) is 5.82 Å². The van der Waals surface area contributed by atoms with Gasteiger partial charge >= 0.3 is 5.97 Å². The third kappa shape index (κ3) is 2.82. The molecule has 0 saturated heterocycles. The molecule has 0 bridgehead atoms. The van der Waals surface area contributed by atoms with E-state index in [9.17, 15) is 13.6 Å². The first kappa shape index (κ1) is 9.64. The van der Waals surface area contributed by atoms with Gasteiger partial charge in [-0.2, -0.15) is 0 Å². The topological polar surface area (TPSA) is 37.3 Å². The van der Waals surface area contributed by atoms with Crippen LogP contribution >= 0.6 is 0 Å². The summed E-state index contributed by atoms with van der Waals surface area (Å²) >= 11 is 0. The van der Waals surface area contributed by atoms with Gasteiger partial charge in [-0.25, -0.2) is 13.6 Å². The first-order valence-corrected chi connectivity index (χ1v) is 3.71. The number of carboxylic acids is 1. The molecular formula is C9H8F2O2. The molecule has 0 aliphatic heterocycles. The van der Waals surface area contributed by atoms with Crippen LogP contribution in [0.3, 0.4) is 0 Å². The van der Waals surface area contributed by atoms with Crippen molar-refractivity contribution < 1.29 is 18.7 Å². The van der Waals surface area contributed by atoms with Crippen molar-refractivity contribution in [2.45, 2.75) is 12.6 Å². The van der Waals surface area contributed by atoms with Crippen molar-refractivity contribution in [2.24, 2.45) is 0 Å². The van der Waals surface area contributed by atoms with Crippen LogP contribution in [0.25, 0.3) is 0 Å². The predicted molar refractivity (Wildman–Crippen MR) is 42.6 cm³/mol. The quantitative estimate of drug-likeness (QED) is 0.781. The Labute approximate surface area is 73.8 Å². The molecule has 2 nitrogen and oxygen atoms in total. The van der Waals surface area contributed by atoms with Crippen LogP contribution in [0.5, 0.6) is 0 Å². The molecule has 13 heavy (non-hydrogen) atoms. The molecule has 1 aromatic carbocycles. The van der Waals surface area contributed by atoms with E-state index in [0.29, 0.717) is 5.56 Å². The maximum absolute atomic E-state index is 12.6. The molecule has 0 radical (unpaired) electrons. The summed E-state index contributed by atoms with van der Waals surface area (Å²) in [5, 5.41) is 8.24. The Morgan fingerprint density at radius 1 is 1.54 bits per heavy atom. The minimum absolute atomic E-state index is 0.299. The number of carboxylic acid groups (broad SMARTS) is 1. The van der Waals surface area contributed by atoms with Crippen molar-refractivity contribution in [2.75, 3.05) is 0 Å². The molecule has 1 atom stereocenters. The summed E-state index contributed by atoms with van der Waals surface area (Å²) in [6, 6.07) is 5.24. The fourth-order valence-corrected chi connectivity index (χ4v) is 0.958. The maximum Gasteiger partial charge on any atom is 0.338 e. The summed E-state index contributed by atoms with van der Waals surface area (Å²) in [4.78, 5) is 10.1. The average Bonchev–Trinajstić information content (AvgIpc) is 2.04. The van der Waals surface area contributed by atoms with Crippen molar-refractivity contribution in [3.63, 3.8) is 0 Å². The van der Waals surface area contributed by atoms with E-state index in [0.717, 1.165) is 6.07 Å². The molecule has 0 spiro atoms. The fourth-order valence-electron chi connectivity index (χ4n) is 0.958. The van der Waals surface area contributed by atoms with Crippen molar-refractivity contribution in [3.05, 3.63) is 35.6 Å². The molecule has 4 heteroatoms. The number of hydrogen-bond donors (Lipinski definition) is 1. The van der Waals surface area contributed by atoms with Crippen LogP contribution in [0.4, 0.5) is 8.78 Å². The molecule has 1 aromatic rings. The lowest BCUT2D eigenvalue weighted by Gasteiger charge is -2.02. The Bertz CT molecular complexity index is 312. The zero-order valence-electron chi connectivity index (χ0n) is 6.71. The minimum Gasteiger partial charge on any atom is -0.479 e. The number of halogens is 2. The lowest BCUT2D eigenvalue weighted by atomic mass is 10.1. The third-order valence-electron chi connectivity index (χ3n) is 1.57. The van der Waals surface area contributed by atoms with Gasteiger partial charge in [0.1, 0.15) is 5.82 Å². The molecular weight excluding hydrogens is 178 g/mol. The number of hydrogen-bond acceptors (Lipinski definition) is 1. The zero-order chi connectivity index (χ0) is 9.84. The lowest BCUT2D eigenvalue weighted by Crippen LogP contribution is -2.17. The highest BCUT2D eigenvalue weighted by atomic mass is 19.1. The molecule has 0 fully saturated rings. The van der Waals surface area contributed by atoms with E-state index in [1.54, 1.807) is 0 Å². The first-order chi connectivity index (χ1) is 6.09. The Morgan fingerprint density at radius 2 is 2.23 bits per heavy atom. The second kappa shape index (κ2) is 3.98. The summed E-state index contributed by atoms with van der Waals surface area (Å²) in [6.45, 7) is 0. The lowest BCUT2D eigenvalue weighted by molar-refractivity contribution is -0.142. The second-order valence-corrected chi connectivity index (χ2v) is 2.64. The van der Waals surface area contributed by atoms with E-state index in [1.165, 1.54) is 18.2 Å². The molecule has 0 heterocycles. The Hall–Kier alpha value is -1.45. The van der Waals surface area contributed by atoms with Crippen LogP contribution < -0.4 is 0 Å². The minimum atomic E-state index is -1.97. The van der Waals surface area contributed by atoms with Crippen molar-refractivity contribution in [1.82, 2.24) is 0 Å². The third-order valence-corrected chi connectivity index (χ3v) is 1.57. The number of alkyl halides is 1. The van der Waals surface area contributed by atoms with Gasteiger partial charge in [0.25, 0.3) is 0 Å². The Morgan fingerprint density at radius 3 is 2.77 bits per heavy atom. The van der Waals surface area contributed by atoms with Gasteiger partial charge in [0.15, 0.2) is 0 Å². The van der Waals surface area contributed by atoms with E-state index in [2.05, 4.69) is 0 Å². The van der Waals surface area contributed by atoms with E-state index < -0.39 is 18.0 Å². The number of aliphatic carboxylic acids is 1. The van der Waals surface area contributed by atoms with E-state index in [-0.39, 0.29) is 6.42 Å². The molecule has 0 aliphatic carbocycles. The second-order valence-electron chi connectivity index (χ2n) is 2.64. The molecule has 0 aliphatic rings. The van der Waals surface area contributed by atoms with Crippen LogP contribution in [0.2, 0.25) is 0 Å². The summed E-state index contributed by atoms with van der Waals surface area (Å²) < 4.78 is 25.2. The molecule has 70 valence electrons. The van der Waals surface area contributed by atoms with Gasteiger partial charge in [-0.15, -0.1) is 0 Å². The van der Waals surface area contributed by atoms with Gasteiger partial charge in [-0.1, -0.05) is 12.1 Å². The SMILES string of the molecule is O=C(O)[C@@H](F)Cc1cccc(F)c1. The maximum atomic E-state index is 12.6. The normalized spacial score (nSPS) is 12.5. The monoisotopic (exact) mass is 186 g/mol. The van der Waals surface area contributed by atoms with E-state index >= 15 is 0 Å². The number of benzene rings is 1. The smallest absolute Gasteiger partial charge is 0.338 e. The summed E-state index contributed by atoms with van der Waals surface area (Å²) in [7, 11) is 0. The van der Waals surface area contributed by atoms with Crippen LogP contribution in [-0.4, -0.2) is 17.2 Å². The summed E-state index contributed by atoms with van der Waals surface area (Å²) in [5.41, 5.74) is 0.343. The van der Waals surface area contributed by atoms with Gasteiger partial charge < -0.3 is 5.11 Å². The van der Waals surface area contributed by atoms with E-state index in [4.69, 9.17) is 5.11 Å². The standard InChI is InChI=1S/C9H8F2O2/c10-7-3-1-2-6(4-7)5-8(11)9(12)13/h1-4,8H,5H2,(H,12,13)/t8-/m0/s1. The van der Waals surface area contributed by atoms with E-state index in [1.807, 2.05) is 0 Å². The van der Waals surface area contributed by atoms with Crippen LogP contribution in [0.15, 0.2) is 24.3 Å². The van der Waals surface area contributed by atoms with Crippen molar-refractivity contribution >= 4 is 5.97 Å². The van der Waals surface area contributed by atoms with Gasteiger partial charge in [0, 0.05) is 6.42 Å². The molecule has 0 saturated carbocycles. The Kier molecular flexibility index (Phi) is 2.95. The first-order valence-electron chi connectivity index (χ1n) is 3.71. The van der Waals surface area contributed by atoms with Gasteiger partial charge in [-0.05, 0) is 17.7 Å². The summed E-state index contributed by atoms with van der Waals surface area (Å²) in [6.07, 6.45) is -2.27. The number of carbonyl (C=O) groups is 1. The molecule has 0 unspecified atom stereocenters. The molecule has 1 N–H and O–H groups in total. The van der Waals surface area contributed by atoms with Crippen molar-refractivity contribution in [3.8, 4) is 0 Å². The number of rotatable bonds is 3. The van der Waals surface area contributed by atoms with Gasteiger partial charge in [0.05, 0.1) is 0 Å². The highest BCUT2D eigenvalue weighted by Crippen LogP contribution is 2.08. The highest BCUT2D eigenvalue weighted by Gasteiger charge is 2.15. The molecule has 0 aromatic heterocycles. The van der Waals surface area contributed by atoms with Crippen molar-refractivity contribution in [1.29, 1.82) is 0 Å². The fraction of sp³-hybridized carbons (Fsp3) is 0.222. The van der Waals surface area contributed by atoms with Crippen LogP contribution in [0.1, 0.15) is 5.56 Å². The zero-order valence-corrected chi connectivity index (χ0v) is 6.71. The predicted octanol–water partition coefficient (Wildman–Crippen LogP) is 1.79.